The highest BCUT2D eigenvalue weighted by molar-refractivity contribution is 5.77. The third-order valence-corrected chi connectivity index (χ3v) is 3.55. The van der Waals surface area contributed by atoms with Crippen LogP contribution in [0, 0.1) is 5.92 Å². The maximum Gasteiger partial charge on any atom is 0.258 e. The van der Waals surface area contributed by atoms with Crippen molar-refractivity contribution in [1.82, 2.24) is 5.32 Å². The van der Waals surface area contributed by atoms with Crippen LogP contribution in [-0.2, 0) is 11.2 Å². The van der Waals surface area contributed by atoms with E-state index in [1.165, 1.54) is 0 Å². The molecule has 1 rings (SSSR count). The number of allylic oxidation sites excluding steroid dienone is 1. The van der Waals surface area contributed by atoms with E-state index >= 15 is 0 Å². The summed E-state index contributed by atoms with van der Waals surface area (Å²) in [6.45, 7) is 10.1. The maximum absolute atomic E-state index is 12.0. The Balaban J connectivity index is 2.50. The van der Waals surface area contributed by atoms with Crippen LogP contribution >= 0.6 is 0 Å². The highest BCUT2D eigenvalue weighted by atomic mass is 16.5. The Hall–Kier alpha value is -1.97. The first kappa shape index (κ1) is 19.1. The molecule has 0 bridgehead atoms. The van der Waals surface area contributed by atoms with Crippen molar-refractivity contribution in [2.45, 2.75) is 46.1 Å². The van der Waals surface area contributed by atoms with Gasteiger partial charge in [-0.15, -0.1) is 6.58 Å². The van der Waals surface area contributed by atoms with Gasteiger partial charge in [-0.2, -0.15) is 0 Å². The topological polar surface area (TPSA) is 47.6 Å². The Bertz CT molecular complexity index is 511. The number of hydrogen-bond acceptors (Lipinski definition) is 3. The Morgan fingerprint density at radius 2 is 2.00 bits per heavy atom. The van der Waals surface area contributed by atoms with Gasteiger partial charge >= 0.3 is 0 Å². The molecule has 0 aliphatic rings. The van der Waals surface area contributed by atoms with Gasteiger partial charge in [-0.25, -0.2) is 0 Å². The lowest BCUT2D eigenvalue weighted by molar-refractivity contribution is -0.123. The van der Waals surface area contributed by atoms with Crippen molar-refractivity contribution in [2.75, 3.05) is 13.7 Å². The van der Waals surface area contributed by atoms with Gasteiger partial charge < -0.3 is 14.8 Å². The van der Waals surface area contributed by atoms with E-state index in [4.69, 9.17) is 9.47 Å². The molecule has 0 aliphatic heterocycles. The van der Waals surface area contributed by atoms with Gasteiger partial charge in [-0.05, 0) is 49.8 Å². The van der Waals surface area contributed by atoms with Gasteiger partial charge in [-0.1, -0.05) is 26.0 Å². The largest absolute Gasteiger partial charge is 0.493 e. The first-order valence-corrected chi connectivity index (χ1v) is 8.16. The van der Waals surface area contributed by atoms with E-state index in [9.17, 15) is 4.79 Å². The van der Waals surface area contributed by atoms with Crippen molar-refractivity contribution < 1.29 is 14.3 Å². The summed E-state index contributed by atoms with van der Waals surface area (Å²) in [5.41, 5.74) is 1.09. The number of nitrogens with one attached hydrogen (secondary N) is 1. The Labute approximate surface area is 139 Å². The van der Waals surface area contributed by atoms with Crippen molar-refractivity contribution in [2.24, 2.45) is 5.92 Å². The van der Waals surface area contributed by atoms with E-state index in [0.29, 0.717) is 17.4 Å². The zero-order chi connectivity index (χ0) is 17.2. The summed E-state index contributed by atoms with van der Waals surface area (Å²) >= 11 is 0. The van der Waals surface area contributed by atoms with Crippen LogP contribution in [0.15, 0.2) is 30.9 Å². The molecule has 23 heavy (non-hydrogen) atoms. The average molecular weight is 319 g/mol. The molecule has 0 saturated heterocycles. The standard InChI is InChI=1S/C19H29NO3/c1-6-7-16-10-11-17(18(12-16)22-5)23-13-19(21)20-15(4)9-8-14(2)3/h6,10-12,14-15H,1,7-9,13H2,2-5H3,(H,20,21). The lowest BCUT2D eigenvalue weighted by atomic mass is 10.0. The first-order valence-electron chi connectivity index (χ1n) is 8.16. The predicted molar refractivity (Wildman–Crippen MR) is 94.1 cm³/mol. The van der Waals surface area contributed by atoms with Crippen LogP contribution in [0.2, 0.25) is 0 Å². The highest BCUT2D eigenvalue weighted by Gasteiger charge is 2.11. The fourth-order valence-corrected chi connectivity index (χ4v) is 2.24. The number of hydrogen-bond donors (Lipinski definition) is 1. The van der Waals surface area contributed by atoms with Gasteiger partial charge in [0.15, 0.2) is 18.1 Å². The zero-order valence-electron chi connectivity index (χ0n) is 14.7. The van der Waals surface area contributed by atoms with E-state index in [-0.39, 0.29) is 18.6 Å². The summed E-state index contributed by atoms with van der Waals surface area (Å²) < 4.78 is 10.9. The van der Waals surface area contributed by atoms with Crippen molar-refractivity contribution in [3.05, 3.63) is 36.4 Å². The summed E-state index contributed by atoms with van der Waals surface area (Å²) in [5, 5.41) is 2.96. The normalized spacial score (nSPS) is 11.9. The number of benzene rings is 1. The summed E-state index contributed by atoms with van der Waals surface area (Å²) in [5.74, 6) is 1.73. The van der Waals surface area contributed by atoms with Crippen LogP contribution in [0.1, 0.15) is 39.2 Å². The molecule has 0 radical (unpaired) electrons. The molecule has 0 saturated carbocycles. The Morgan fingerprint density at radius 3 is 2.61 bits per heavy atom. The third kappa shape index (κ3) is 7.22. The van der Waals surface area contributed by atoms with Gasteiger partial charge in [0, 0.05) is 6.04 Å². The molecule has 1 aromatic rings. The molecule has 0 spiro atoms. The van der Waals surface area contributed by atoms with Crippen LogP contribution in [0.25, 0.3) is 0 Å². The molecule has 1 amide bonds. The number of carbonyl (C=O) groups is 1. The number of amides is 1. The fourth-order valence-electron chi connectivity index (χ4n) is 2.24. The number of rotatable bonds is 10. The van der Waals surface area contributed by atoms with E-state index in [2.05, 4.69) is 25.7 Å². The summed E-state index contributed by atoms with van der Waals surface area (Å²) in [6, 6.07) is 5.83. The van der Waals surface area contributed by atoms with Crippen molar-refractivity contribution in [3.8, 4) is 11.5 Å². The molecule has 4 nitrogen and oxygen atoms in total. The predicted octanol–water partition coefficient (Wildman–Crippen LogP) is 3.74. The second-order valence-corrected chi connectivity index (χ2v) is 6.21. The van der Waals surface area contributed by atoms with Crippen LogP contribution in [0.5, 0.6) is 11.5 Å². The Kier molecular flexibility index (Phi) is 8.23. The molecule has 0 aliphatic carbocycles. The zero-order valence-corrected chi connectivity index (χ0v) is 14.7. The van der Waals surface area contributed by atoms with Crippen LogP contribution < -0.4 is 14.8 Å². The number of ether oxygens (including phenoxy) is 2. The number of methoxy groups -OCH3 is 1. The van der Waals surface area contributed by atoms with Gasteiger partial charge in [0.05, 0.1) is 7.11 Å². The number of carbonyl (C=O) groups excluding carboxylic acids is 1. The third-order valence-electron chi connectivity index (χ3n) is 3.55. The van der Waals surface area contributed by atoms with Gasteiger partial charge in [0.25, 0.3) is 5.91 Å². The van der Waals surface area contributed by atoms with Crippen LogP contribution in [0.4, 0.5) is 0 Å². The van der Waals surface area contributed by atoms with E-state index in [1.54, 1.807) is 7.11 Å². The van der Waals surface area contributed by atoms with Gasteiger partial charge in [0.1, 0.15) is 0 Å². The highest BCUT2D eigenvalue weighted by Crippen LogP contribution is 2.28. The van der Waals surface area contributed by atoms with Crippen molar-refractivity contribution >= 4 is 5.91 Å². The SMILES string of the molecule is C=CCc1ccc(OCC(=O)NC(C)CCC(C)C)c(OC)c1. The lowest BCUT2D eigenvalue weighted by Crippen LogP contribution is -2.36. The average Bonchev–Trinajstić information content (AvgIpc) is 2.51. The summed E-state index contributed by atoms with van der Waals surface area (Å²) in [6.07, 6.45) is 4.68. The molecular weight excluding hydrogens is 290 g/mol. The molecule has 4 heteroatoms. The maximum atomic E-state index is 12.0. The van der Waals surface area contributed by atoms with Crippen LogP contribution in [-0.4, -0.2) is 25.7 Å². The molecule has 128 valence electrons. The molecule has 1 unspecified atom stereocenters. The van der Waals surface area contributed by atoms with Gasteiger partial charge in [-0.3, -0.25) is 4.79 Å². The smallest absolute Gasteiger partial charge is 0.258 e. The fraction of sp³-hybridized carbons (Fsp3) is 0.526. The van der Waals surface area contributed by atoms with Crippen molar-refractivity contribution in [3.63, 3.8) is 0 Å². The second-order valence-electron chi connectivity index (χ2n) is 6.21. The Morgan fingerprint density at radius 1 is 1.26 bits per heavy atom. The summed E-state index contributed by atoms with van der Waals surface area (Å²) in [7, 11) is 1.59. The van der Waals surface area contributed by atoms with Crippen molar-refractivity contribution in [1.29, 1.82) is 0 Å². The molecule has 1 N–H and O–H groups in total. The minimum atomic E-state index is -0.113. The van der Waals surface area contributed by atoms with E-state index in [0.717, 1.165) is 24.8 Å². The monoisotopic (exact) mass is 319 g/mol. The second kappa shape index (κ2) is 9.93. The molecular formula is C19H29NO3. The quantitative estimate of drug-likeness (QED) is 0.668. The van der Waals surface area contributed by atoms with E-state index < -0.39 is 0 Å². The molecule has 0 heterocycles. The summed E-state index contributed by atoms with van der Waals surface area (Å²) in [4.78, 5) is 12.0. The van der Waals surface area contributed by atoms with E-state index in [1.807, 2.05) is 31.2 Å². The molecule has 0 fully saturated rings. The first-order chi connectivity index (χ1) is 11.0. The molecule has 1 aromatic carbocycles. The van der Waals surface area contributed by atoms with Crippen LogP contribution in [0.3, 0.4) is 0 Å². The molecule has 0 aromatic heterocycles. The minimum absolute atomic E-state index is 0.0107. The van der Waals surface area contributed by atoms with Gasteiger partial charge in [0.2, 0.25) is 0 Å². The molecule has 1 atom stereocenters. The minimum Gasteiger partial charge on any atom is -0.493 e. The lowest BCUT2D eigenvalue weighted by Gasteiger charge is -2.16.